The van der Waals surface area contributed by atoms with Crippen LogP contribution in [0.3, 0.4) is 0 Å². The topological polar surface area (TPSA) is 20.2 Å². The molecule has 0 fully saturated rings. The van der Waals surface area contributed by atoms with Crippen LogP contribution in [-0.4, -0.2) is 11.2 Å². The lowest BCUT2D eigenvalue weighted by Gasteiger charge is -2.00. The quantitative estimate of drug-likeness (QED) is 0.365. The molecular weight excluding hydrogens is 148 g/mol. The van der Waals surface area contributed by atoms with E-state index < -0.39 is 0 Å². The summed E-state index contributed by atoms with van der Waals surface area (Å²) < 4.78 is 0. The Morgan fingerprint density at radius 2 is 2.25 bits per heavy atom. The van der Waals surface area contributed by atoms with Crippen molar-refractivity contribution in [3.05, 3.63) is 12.2 Å². The largest absolute Gasteiger partial charge is 0.392 e. The molecule has 0 aromatic rings. The number of hydrogen-bond acceptors (Lipinski definition) is 1. The smallest absolute Gasteiger partial charge is 0.0683 e. The second-order valence-electron chi connectivity index (χ2n) is 2.91. The predicted molar refractivity (Wildman–Crippen MR) is 52.7 cm³/mol. The zero-order chi connectivity index (χ0) is 9.23. The maximum atomic E-state index is 9.21. The molecule has 0 aromatic carbocycles. The summed E-state index contributed by atoms with van der Waals surface area (Å²) in [6.45, 7) is 2.17. The summed E-state index contributed by atoms with van der Waals surface area (Å²) in [5, 5.41) is 9.21. The van der Waals surface area contributed by atoms with Crippen LogP contribution < -0.4 is 0 Å². The van der Waals surface area contributed by atoms with Crippen LogP contribution in [0.25, 0.3) is 0 Å². The van der Waals surface area contributed by atoms with Crippen molar-refractivity contribution in [2.45, 2.75) is 45.1 Å². The fraction of sp³-hybridized carbons (Fsp3) is 0.636. The Labute approximate surface area is 75.5 Å². The maximum absolute atomic E-state index is 9.21. The Hall–Kier alpha value is -0.740. The van der Waals surface area contributed by atoms with E-state index in [0.29, 0.717) is 12.8 Å². The summed E-state index contributed by atoms with van der Waals surface area (Å²) in [6, 6.07) is 0. The van der Waals surface area contributed by atoms with Gasteiger partial charge in [-0.2, -0.15) is 0 Å². The van der Waals surface area contributed by atoms with Crippen molar-refractivity contribution in [2.75, 3.05) is 0 Å². The highest BCUT2D eigenvalue weighted by Gasteiger charge is 1.96. The van der Waals surface area contributed by atoms with Gasteiger partial charge < -0.3 is 5.11 Å². The maximum Gasteiger partial charge on any atom is 0.0683 e. The summed E-state index contributed by atoms with van der Waals surface area (Å²) in [4.78, 5) is 0. The summed E-state index contributed by atoms with van der Waals surface area (Å²) in [7, 11) is 0. The zero-order valence-corrected chi connectivity index (χ0v) is 7.79. The van der Waals surface area contributed by atoms with E-state index in [1.54, 1.807) is 0 Å². The molecule has 0 radical (unpaired) electrons. The molecule has 1 unspecified atom stereocenters. The number of allylic oxidation sites excluding steroid dienone is 1. The Kier molecular flexibility index (Phi) is 7.84. The predicted octanol–water partition coefficient (Wildman–Crippen LogP) is 2.51. The van der Waals surface area contributed by atoms with Crippen molar-refractivity contribution in [3.63, 3.8) is 0 Å². The van der Waals surface area contributed by atoms with Crippen LogP contribution in [0.2, 0.25) is 0 Å². The molecule has 0 aliphatic heterocycles. The molecule has 0 amide bonds. The van der Waals surface area contributed by atoms with E-state index in [2.05, 4.69) is 18.9 Å². The van der Waals surface area contributed by atoms with Gasteiger partial charge in [0, 0.05) is 6.42 Å². The van der Waals surface area contributed by atoms with Crippen LogP contribution in [0.4, 0.5) is 0 Å². The summed E-state index contributed by atoms with van der Waals surface area (Å²) >= 11 is 0. The van der Waals surface area contributed by atoms with Gasteiger partial charge >= 0.3 is 0 Å². The fourth-order valence-corrected chi connectivity index (χ4v) is 0.913. The van der Waals surface area contributed by atoms with Gasteiger partial charge in [0.1, 0.15) is 0 Å². The van der Waals surface area contributed by atoms with Gasteiger partial charge in [0.05, 0.1) is 6.10 Å². The number of hydrogen-bond donors (Lipinski definition) is 1. The minimum absolute atomic E-state index is 0.354. The van der Waals surface area contributed by atoms with Crippen LogP contribution in [0.15, 0.2) is 12.2 Å². The zero-order valence-electron chi connectivity index (χ0n) is 7.79. The van der Waals surface area contributed by atoms with Gasteiger partial charge in [-0.25, -0.2) is 0 Å². The Bertz CT molecular complexity index is 153. The highest BCUT2D eigenvalue weighted by molar-refractivity contribution is 4.91. The van der Waals surface area contributed by atoms with Gasteiger partial charge in [-0.3, -0.25) is 0 Å². The highest BCUT2D eigenvalue weighted by atomic mass is 16.3. The van der Waals surface area contributed by atoms with E-state index in [1.807, 2.05) is 6.08 Å². The molecular formula is C11H18O. The molecule has 0 heterocycles. The minimum Gasteiger partial charge on any atom is -0.392 e. The average molecular weight is 166 g/mol. The standard InChI is InChI=1S/C11H18O/c1-3-5-6-7-8-10-11(12)9-4-2/h2,7-8,11-12H,3,5-6,9-10H2,1H3/b8-7+. The second-order valence-corrected chi connectivity index (χ2v) is 2.91. The first-order chi connectivity index (χ1) is 5.81. The first-order valence-corrected chi connectivity index (χ1v) is 4.57. The number of rotatable bonds is 6. The number of aliphatic hydroxyl groups is 1. The van der Waals surface area contributed by atoms with Crippen molar-refractivity contribution >= 4 is 0 Å². The van der Waals surface area contributed by atoms with Gasteiger partial charge in [-0.15, -0.1) is 12.3 Å². The van der Waals surface area contributed by atoms with E-state index in [-0.39, 0.29) is 6.10 Å². The monoisotopic (exact) mass is 166 g/mol. The van der Waals surface area contributed by atoms with E-state index in [1.165, 1.54) is 12.8 Å². The van der Waals surface area contributed by atoms with Gasteiger partial charge in [0.2, 0.25) is 0 Å². The summed E-state index contributed by atoms with van der Waals surface area (Å²) in [5.41, 5.74) is 0. The molecule has 68 valence electrons. The van der Waals surface area contributed by atoms with E-state index in [9.17, 15) is 5.11 Å². The molecule has 0 aliphatic rings. The third-order valence-corrected chi connectivity index (χ3v) is 1.65. The molecule has 0 spiro atoms. The SMILES string of the molecule is C#CCC(O)C/C=C/CCCC. The highest BCUT2D eigenvalue weighted by Crippen LogP contribution is 2.00. The Balaban J connectivity index is 3.28. The van der Waals surface area contributed by atoms with E-state index in [0.717, 1.165) is 6.42 Å². The van der Waals surface area contributed by atoms with Crippen LogP contribution in [0.5, 0.6) is 0 Å². The van der Waals surface area contributed by atoms with Gasteiger partial charge in [-0.05, 0) is 12.8 Å². The van der Waals surface area contributed by atoms with Crippen molar-refractivity contribution in [1.29, 1.82) is 0 Å². The summed E-state index contributed by atoms with van der Waals surface area (Å²) in [6.07, 6.45) is 13.5. The van der Waals surface area contributed by atoms with E-state index in [4.69, 9.17) is 6.42 Å². The molecule has 0 saturated heterocycles. The van der Waals surface area contributed by atoms with Gasteiger partial charge in [0.15, 0.2) is 0 Å². The van der Waals surface area contributed by atoms with Gasteiger partial charge in [0.25, 0.3) is 0 Å². The van der Waals surface area contributed by atoms with E-state index >= 15 is 0 Å². The first kappa shape index (κ1) is 11.3. The Morgan fingerprint density at radius 3 is 2.83 bits per heavy atom. The molecule has 1 N–H and O–H groups in total. The van der Waals surface area contributed by atoms with Crippen molar-refractivity contribution in [3.8, 4) is 12.3 Å². The van der Waals surface area contributed by atoms with Crippen LogP contribution in [-0.2, 0) is 0 Å². The lowest BCUT2D eigenvalue weighted by atomic mass is 10.1. The van der Waals surface area contributed by atoms with Gasteiger partial charge in [-0.1, -0.05) is 31.9 Å². The molecule has 0 bridgehead atoms. The molecule has 0 aromatic heterocycles. The van der Waals surface area contributed by atoms with Crippen LogP contribution in [0, 0.1) is 12.3 Å². The Morgan fingerprint density at radius 1 is 1.50 bits per heavy atom. The lowest BCUT2D eigenvalue weighted by Crippen LogP contribution is -2.02. The molecule has 1 atom stereocenters. The number of unbranched alkanes of at least 4 members (excludes halogenated alkanes) is 2. The first-order valence-electron chi connectivity index (χ1n) is 4.57. The third-order valence-electron chi connectivity index (χ3n) is 1.65. The molecule has 1 nitrogen and oxygen atoms in total. The molecule has 1 heteroatoms. The fourth-order valence-electron chi connectivity index (χ4n) is 0.913. The lowest BCUT2D eigenvalue weighted by molar-refractivity contribution is 0.183. The molecule has 0 aliphatic carbocycles. The number of aliphatic hydroxyl groups excluding tert-OH is 1. The minimum atomic E-state index is -0.354. The van der Waals surface area contributed by atoms with Crippen LogP contribution >= 0.6 is 0 Å². The average Bonchev–Trinajstić information content (AvgIpc) is 2.05. The van der Waals surface area contributed by atoms with Crippen molar-refractivity contribution < 1.29 is 5.11 Å². The van der Waals surface area contributed by atoms with Crippen LogP contribution in [0.1, 0.15) is 39.0 Å². The molecule has 0 rings (SSSR count). The van der Waals surface area contributed by atoms with Crippen molar-refractivity contribution in [1.82, 2.24) is 0 Å². The molecule has 0 saturated carbocycles. The number of terminal acetylenes is 1. The van der Waals surface area contributed by atoms with Crippen molar-refractivity contribution in [2.24, 2.45) is 0 Å². The second kappa shape index (κ2) is 8.36. The summed E-state index contributed by atoms with van der Waals surface area (Å²) in [5.74, 6) is 2.44. The molecule has 12 heavy (non-hydrogen) atoms. The third kappa shape index (κ3) is 7.37. The normalized spacial score (nSPS) is 13.1.